The van der Waals surface area contributed by atoms with E-state index >= 15 is 0 Å². The Morgan fingerprint density at radius 2 is 0.800 bits per heavy atom. The van der Waals surface area contributed by atoms with Crippen molar-refractivity contribution >= 4 is 23.1 Å². The van der Waals surface area contributed by atoms with Gasteiger partial charge in [-0.3, -0.25) is 0 Å². The molecule has 24 valence electrons. The summed E-state index contributed by atoms with van der Waals surface area (Å²) in [6.45, 7) is 0. The van der Waals surface area contributed by atoms with Gasteiger partial charge in [0.15, 0.2) is 0 Å². The Morgan fingerprint density at radius 1 is 0.800 bits per heavy atom. The van der Waals surface area contributed by atoms with E-state index < -0.39 is 0 Å². The Balaban J connectivity index is 0. The van der Waals surface area contributed by atoms with Gasteiger partial charge in [0.05, 0.1) is 0 Å². The molecule has 0 saturated carbocycles. The molecular formula is CH3Cl2LiMg. The van der Waals surface area contributed by atoms with Gasteiger partial charge >= 0.3 is 41.9 Å². The largest absolute Gasteiger partial charge is 2.00 e. The summed E-state index contributed by atoms with van der Waals surface area (Å²) in [5.41, 5.74) is 0. The first-order chi connectivity index (χ1) is 0. The molecule has 0 aliphatic rings. The van der Waals surface area contributed by atoms with Crippen molar-refractivity contribution < 1.29 is 43.7 Å². The molecule has 0 radical (unpaired) electrons. The fraction of sp³-hybridized carbons (Fsp3) is 0. The molecule has 0 rings (SSSR count). The van der Waals surface area contributed by atoms with Crippen molar-refractivity contribution in [3.63, 3.8) is 0 Å². The summed E-state index contributed by atoms with van der Waals surface area (Å²) in [5.74, 6) is 0. The summed E-state index contributed by atoms with van der Waals surface area (Å²) < 4.78 is 0. The third-order valence-electron chi connectivity index (χ3n) is 0. The maximum absolute atomic E-state index is 0. The van der Waals surface area contributed by atoms with Crippen molar-refractivity contribution in [1.29, 1.82) is 0 Å². The Hall–Kier alpha value is 1.94. The minimum absolute atomic E-state index is 0. The minimum atomic E-state index is 0. The Labute approximate surface area is 73.6 Å². The van der Waals surface area contributed by atoms with Crippen molar-refractivity contribution in [2.75, 3.05) is 0 Å². The fourth-order valence-electron chi connectivity index (χ4n) is 0. The Bertz CT molecular complexity index is 9.61. The molecule has 0 aromatic heterocycles. The molecule has 0 unspecified atom stereocenters. The molecule has 0 fully saturated rings. The zero-order valence-electron chi connectivity index (χ0n) is 3.46. The van der Waals surface area contributed by atoms with Gasteiger partial charge in [0, 0.05) is 0 Å². The minimum Gasteiger partial charge on any atom is -1.00 e. The zero-order chi connectivity index (χ0) is 0. The predicted molar refractivity (Wildman–Crippen MR) is 12.2 cm³/mol. The average molecular weight is 117 g/mol. The number of rotatable bonds is 0. The quantitative estimate of drug-likeness (QED) is 0.218. The van der Waals surface area contributed by atoms with Crippen LogP contribution in [0.3, 0.4) is 0 Å². The second kappa shape index (κ2) is 38.5. The second-order valence-corrected chi connectivity index (χ2v) is 0. The summed E-state index contributed by atoms with van der Waals surface area (Å²) in [7, 11) is 0. The maximum Gasteiger partial charge on any atom is 2.00 e. The molecule has 5 heavy (non-hydrogen) atoms. The molecule has 0 atom stereocenters. The van der Waals surface area contributed by atoms with E-state index in [9.17, 15) is 0 Å². The van der Waals surface area contributed by atoms with Crippen LogP contribution in [0.1, 0.15) is 0 Å². The molecule has 0 bridgehead atoms. The van der Waals surface area contributed by atoms with Crippen molar-refractivity contribution in [1.82, 2.24) is 0 Å². The SMILES string of the molecule is [CH3-].[Cl-].[Cl-].[Li+].[Mg+2]. The normalized spacial score (nSPS) is 0. The van der Waals surface area contributed by atoms with E-state index in [1.165, 1.54) is 0 Å². The van der Waals surface area contributed by atoms with E-state index in [1.54, 1.807) is 0 Å². The van der Waals surface area contributed by atoms with Crippen molar-refractivity contribution in [2.45, 2.75) is 0 Å². The predicted octanol–water partition coefficient (Wildman–Crippen LogP) is -8.92. The van der Waals surface area contributed by atoms with Gasteiger partial charge in [0.1, 0.15) is 0 Å². The van der Waals surface area contributed by atoms with Crippen LogP contribution in [0.5, 0.6) is 0 Å². The second-order valence-electron chi connectivity index (χ2n) is 0. The van der Waals surface area contributed by atoms with Crippen LogP contribution in [0.4, 0.5) is 0 Å². The first-order valence-corrected chi connectivity index (χ1v) is 0. The molecule has 0 N–H and O–H groups in total. The monoisotopic (exact) mass is 116 g/mol. The van der Waals surface area contributed by atoms with E-state index in [2.05, 4.69) is 0 Å². The molecule has 0 aromatic rings. The van der Waals surface area contributed by atoms with Crippen molar-refractivity contribution in [3.05, 3.63) is 7.43 Å². The van der Waals surface area contributed by atoms with E-state index in [-0.39, 0.29) is 74.2 Å². The molecule has 0 aliphatic carbocycles. The van der Waals surface area contributed by atoms with Crippen LogP contribution in [-0.4, -0.2) is 23.1 Å². The van der Waals surface area contributed by atoms with Gasteiger partial charge in [-0.1, -0.05) is 0 Å². The molecule has 0 saturated heterocycles. The summed E-state index contributed by atoms with van der Waals surface area (Å²) in [6, 6.07) is 0. The van der Waals surface area contributed by atoms with Crippen LogP contribution in [0.2, 0.25) is 0 Å². The number of hydrogen-bond donors (Lipinski definition) is 0. The third kappa shape index (κ3) is 24.5. The Morgan fingerprint density at radius 3 is 0.800 bits per heavy atom. The first kappa shape index (κ1) is 64.9. The molecular weight excluding hydrogens is 114 g/mol. The van der Waals surface area contributed by atoms with E-state index in [0.29, 0.717) is 0 Å². The Kier molecular flexibility index (Phi) is 499. The van der Waals surface area contributed by atoms with Gasteiger partial charge in [-0.15, -0.1) is 0 Å². The van der Waals surface area contributed by atoms with Crippen LogP contribution >= 0.6 is 0 Å². The molecule has 0 amide bonds. The van der Waals surface area contributed by atoms with Gasteiger partial charge in [0.25, 0.3) is 0 Å². The third-order valence-corrected chi connectivity index (χ3v) is 0. The summed E-state index contributed by atoms with van der Waals surface area (Å²) >= 11 is 0. The molecule has 0 heterocycles. The fourth-order valence-corrected chi connectivity index (χ4v) is 0. The molecule has 0 aromatic carbocycles. The van der Waals surface area contributed by atoms with E-state index in [4.69, 9.17) is 0 Å². The molecule has 4 heteroatoms. The zero-order valence-corrected chi connectivity index (χ0v) is 6.39. The van der Waals surface area contributed by atoms with Gasteiger partial charge in [-0.2, -0.15) is 0 Å². The topological polar surface area (TPSA) is 0 Å². The number of halogens is 2. The van der Waals surface area contributed by atoms with Gasteiger partial charge < -0.3 is 32.2 Å². The van der Waals surface area contributed by atoms with Crippen molar-refractivity contribution in [3.8, 4) is 0 Å². The van der Waals surface area contributed by atoms with Crippen LogP contribution < -0.4 is 43.7 Å². The molecule has 0 nitrogen and oxygen atoms in total. The summed E-state index contributed by atoms with van der Waals surface area (Å²) in [4.78, 5) is 0. The average Bonchev–Trinajstić information content (AvgIpc) is 0. The molecule has 0 aliphatic heterocycles. The van der Waals surface area contributed by atoms with Gasteiger partial charge in [0.2, 0.25) is 0 Å². The van der Waals surface area contributed by atoms with Gasteiger partial charge in [-0.05, 0) is 0 Å². The van der Waals surface area contributed by atoms with Crippen LogP contribution in [0.25, 0.3) is 0 Å². The first-order valence-electron chi connectivity index (χ1n) is 0. The number of hydrogen-bond acceptors (Lipinski definition) is 0. The van der Waals surface area contributed by atoms with Crippen molar-refractivity contribution in [2.24, 2.45) is 0 Å². The van der Waals surface area contributed by atoms with E-state index in [0.717, 1.165) is 0 Å². The maximum atomic E-state index is 0. The van der Waals surface area contributed by atoms with Gasteiger partial charge in [-0.25, -0.2) is 0 Å². The van der Waals surface area contributed by atoms with Crippen LogP contribution in [0, 0.1) is 7.43 Å². The molecule has 0 spiro atoms. The van der Waals surface area contributed by atoms with E-state index in [1.807, 2.05) is 0 Å². The standard InChI is InChI=1S/CH3.2ClH.Li.Mg/h1H3;2*1H;;/q-1;;;+1;+2/p-2. The summed E-state index contributed by atoms with van der Waals surface area (Å²) in [5, 5.41) is 0. The summed E-state index contributed by atoms with van der Waals surface area (Å²) in [6.07, 6.45) is 0. The smallest absolute Gasteiger partial charge is 1.00 e. The van der Waals surface area contributed by atoms with Crippen LogP contribution in [0.15, 0.2) is 0 Å². The van der Waals surface area contributed by atoms with Crippen LogP contribution in [-0.2, 0) is 0 Å².